The van der Waals surface area contributed by atoms with Gasteiger partial charge in [-0.15, -0.1) is 0 Å². The first-order valence-corrected chi connectivity index (χ1v) is 10.6. The number of hydrogen-bond donors (Lipinski definition) is 0. The molecule has 0 fully saturated rings. The number of thiocarbonyl (C=S) groups is 1. The Morgan fingerprint density at radius 3 is 1.89 bits per heavy atom. The van der Waals surface area contributed by atoms with Crippen molar-refractivity contribution in [1.82, 2.24) is 4.90 Å². The first-order valence-electron chi connectivity index (χ1n) is 7.84. The zero-order valence-electron chi connectivity index (χ0n) is 13.0. The van der Waals surface area contributed by atoms with E-state index < -0.39 is 0 Å². The lowest BCUT2D eigenvalue weighted by atomic mass is 10.1. The van der Waals surface area contributed by atoms with Crippen molar-refractivity contribution < 1.29 is 0 Å². The summed E-state index contributed by atoms with van der Waals surface area (Å²) in [6.45, 7) is 8.66. The van der Waals surface area contributed by atoms with Crippen LogP contribution in [0.15, 0.2) is 0 Å². The molecule has 0 aromatic heterocycles. The van der Waals surface area contributed by atoms with E-state index in [9.17, 15) is 0 Å². The van der Waals surface area contributed by atoms with E-state index in [0.717, 1.165) is 17.4 Å². The quantitative estimate of drug-likeness (QED) is 0.241. The van der Waals surface area contributed by atoms with Gasteiger partial charge in [0.2, 0.25) is 0 Å². The van der Waals surface area contributed by atoms with Gasteiger partial charge in [0.05, 0.1) is 0 Å². The van der Waals surface area contributed by atoms with E-state index in [1.165, 1.54) is 57.1 Å². The summed E-state index contributed by atoms with van der Waals surface area (Å²) in [5.41, 5.74) is 0. The maximum Gasteiger partial charge on any atom is 0.147 e. The lowest BCUT2D eigenvalue weighted by molar-refractivity contribution is 0.482. The Bertz CT molecular complexity index is 206. The van der Waals surface area contributed by atoms with Gasteiger partial charge in [0, 0.05) is 18.8 Å². The zero-order valence-corrected chi connectivity index (χ0v) is 15.4. The van der Waals surface area contributed by atoms with Crippen molar-refractivity contribution in [3.05, 3.63) is 0 Å². The van der Waals surface area contributed by atoms with Crippen molar-refractivity contribution in [2.24, 2.45) is 0 Å². The van der Waals surface area contributed by atoms with Crippen LogP contribution in [0.3, 0.4) is 0 Å². The zero-order chi connectivity index (χ0) is 14.3. The molecule has 4 heteroatoms. The van der Waals surface area contributed by atoms with Crippen molar-refractivity contribution in [2.45, 2.75) is 72.1 Å². The molecule has 0 aliphatic carbocycles. The van der Waals surface area contributed by atoms with Crippen molar-refractivity contribution in [3.8, 4) is 0 Å². The topological polar surface area (TPSA) is 3.24 Å². The maximum atomic E-state index is 5.40. The highest BCUT2D eigenvalue weighted by atomic mass is 33.1. The monoisotopic (exact) mass is 321 g/mol. The van der Waals surface area contributed by atoms with Crippen LogP contribution in [-0.4, -0.2) is 28.1 Å². The standard InChI is InChI=1S/C15H31NS3/c1-4-7-8-9-10-11-12-13-14-18-19-15(17)16(5-2)6-3/h4-14H2,1-3H3. The Kier molecular flexibility index (Phi) is 15.5. The second-order valence-corrected chi connectivity index (χ2v) is 7.87. The summed E-state index contributed by atoms with van der Waals surface area (Å²) in [6.07, 6.45) is 11.2. The van der Waals surface area contributed by atoms with Crippen molar-refractivity contribution in [1.29, 1.82) is 0 Å². The van der Waals surface area contributed by atoms with E-state index in [1.54, 1.807) is 10.8 Å². The van der Waals surface area contributed by atoms with Gasteiger partial charge < -0.3 is 4.90 Å². The molecule has 0 atom stereocenters. The Balaban J connectivity index is 3.24. The highest BCUT2D eigenvalue weighted by Gasteiger charge is 2.05. The largest absolute Gasteiger partial charge is 0.357 e. The van der Waals surface area contributed by atoms with E-state index in [-0.39, 0.29) is 0 Å². The predicted molar refractivity (Wildman–Crippen MR) is 98.2 cm³/mol. The molecule has 114 valence electrons. The molecule has 0 heterocycles. The normalized spacial score (nSPS) is 10.7. The second kappa shape index (κ2) is 15.0. The first kappa shape index (κ1) is 19.6. The maximum absolute atomic E-state index is 5.40. The van der Waals surface area contributed by atoms with Crippen LogP contribution in [0, 0.1) is 0 Å². The summed E-state index contributed by atoms with van der Waals surface area (Å²) in [5, 5.41) is 0. The van der Waals surface area contributed by atoms with Crippen molar-refractivity contribution in [2.75, 3.05) is 18.8 Å². The summed E-state index contributed by atoms with van der Waals surface area (Å²) in [7, 11) is 3.71. The third-order valence-electron chi connectivity index (χ3n) is 3.23. The number of rotatable bonds is 12. The van der Waals surface area contributed by atoms with Gasteiger partial charge in [-0.05, 0) is 31.1 Å². The lowest BCUT2D eigenvalue weighted by Crippen LogP contribution is -2.25. The molecule has 19 heavy (non-hydrogen) atoms. The molecule has 0 aromatic rings. The van der Waals surface area contributed by atoms with Crippen LogP contribution in [0.4, 0.5) is 0 Å². The van der Waals surface area contributed by atoms with Gasteiger partial charge in [-0.3, -0.25) is 0 Å². The van der Waals surface area contributed by atoms with Crippen LogP contribution >= 0.6 is 33.8 Å². The summed E-state index contributed by atoms with van der Waals surface area (Å²) in [4.78, 5) is 2.25. The van der Waals surface area contributed by atoms with Crippen molar-refractivity contribution in [3.63, 3.8) is 0 Å². The highest BCUT2D eigenvalue weighted by Crippen LogP contribution is 2.26. The molecule has 1 nitrogen and oxygen atoms in total. The van der Waals surface area contributed by atoms with Gasteiger partial charge in [-0.2, -0.15) is 0 Å². The smallest absolute Gasteiger partial charge is 0.147 e. The Morgan fingerprint density at radius 1 is 0.842 bits per heavy atom. The molecule has 0 N–H and O–H groups in total. The molecule has 0 aliphatic heterocycles. The highest BCUT2D eigenvalue weighted by molar-refractivity contribution is 8.83. The molecule has 0 rings (SSSR count). The van der Waals surface area contributed by atoms with E-state index >= 15 is 0 Å². The molecule has 0 aliphatic rings. The third kappa shape index (κ3) is 12.1. The number of nitrogens with zero attached hydrogens (tertiary/aromatic N) is 1. The second-order valence-electron chi connectivity index (χ2n) is 4.82. The van der Waals surface area contributed by atoms with Gasteiger partial charge in [0.25, 0.3) is 0 Å². The van der Waals surface area contributed by atoms with E-state index in [0.29, 0.717) is 0 Å². The summed E-state index contributed by atoms with van der Waals surface area (Å²) >= 11 is 5.40. The van der Waals surface area contributed by atoms with Gasteiger partial charge >= 0.3 is 0 Å². The van der Waals surface area contributed by atoms with Gasteiger partial charge in [-0.1, -0.05) is 74.9 Å². The Labute approximate surface area is 134 Å². The SMILES string of the molecule is CCCCCCCCCCSSC(=S)N(CC)CC. The van der Waals surface area contributed by atoms with E-state index in [2.05, 4.69) is 25.7 Å². The minimum absolute atomic E-state index is 1.03. The number of unbranched alkanes of at least 4 members (excludes halogenated alkanes) is 7. The van der Waals surface area contributed by atoms with Crippen LogP contribution in [0.25, 0.3) is 0 Å². The van der Waals surface area contributed by atoms with E-state index in [1.807, 2.05) is 10.8 Å². The molecule has 0 spiro atoms. The fraction of sp³-hybridized carbons (Fsp3) is 0.933. The lowest BCUT2D eigenvalue weighted by Gasteiger charge is -2.20. The van der Waals surface area contributed by atoms with Gasteiger partial charge in [0.15, 0.2) is 0 Å². The van der Waals surface area contributed by atoms with Crippen LogP contribution in [-0.2, 0) is 0 Å². The minimum Gasteiger partial charge on any atom is -0.357 e. The molecule has 0 unspecified atom stereocenters. The molecule has 0 saturated carbocycles. The average molecular weight is 322 g/mol. The summed E-state index contributed by atoms with van der Waals surface area (Å²) in [6, 6.07) is 0. The summed E-state index contributed by atoms with van der Waals surface area (Å²) < 4.78 is 1.05. The van der Waals surface area contributed by atoms with Gasteiger partial charge in [0.1, 0.15) is 4.32 Å². The van der Waals surface area contributed by atoms with Gasteiger partial charge in [-0.25, -0.2) is 0 Å². The molecule has 0 bridgehead atoms. The Morgan fingerprint density at radius 2 is 1.37 bits per heavy atom. The summed E-state index contributed by atoms with van der Waals surface area (Å²) in [5.74, 6) is 1.24. The molecule has 0 radical (unpaired) electrons. The molecule has 0 amide bonds. The number of hydrogen-bond acceptors (Lipinski definition) is 3. The molecular formula is C15H31NS3. The molecule has 0 saturated heterocycles. The fourth-order valence-corrected chi connectivity index (χ4v) is 4.70. The van der Waals surface area contributed by atoms with Crippen LogP contribution < -0.4 is 0 Å². The molecular weight excluding hydrogens is 290 g/mol. The Hall–Kier alpha value is 0.590. The fourth-order valence-electron chi connectivity index (χ4n) is 1.92. The predicted octanol–water partition coefficient (Wildman–Crippen LogP) is 6.14. The van der Waals surface area contributed by atoms with Crippen LogP contribution in [0.2, 0.25) is 0 Å². The van der Waals surface area contributed by atoms with Crippen LogP contribution in [0.1, 0.15) is 72.1 Å². The third-order valence-corrected chi connectivity index (χ3v) is 6.36. The van der Waals surface area contributed by atoms with Crippen LogP contribution in [0.5, 0.6) is 0 Å². The van der Waals surface area contributed by atoms with Crippen molar-refractivity contribution >= 4 is 38.1 Å². The van der Waals surface area contributed by atoms with E-state index in [4.69, 9.17) is 12.2 Å². The molecule has 0 aromatic carbocycles. The average Bonchev–Trinajstić information content (AvgIpc) is 2.42. The minimum atomic E-state index is 1.03. The first-order chi connectivity index (χ1) is 9.26.